The van der Waals surface area contributed by atoms with Gasteiger partial charge < -0.3 is 19.8 Å². The molecule has 0 aliphatic carbocycles. The molecule has 0 radical (unpaired) electrons. The van der Waals surface area contributed by atoms with Gasteiger partial charge >= 0.3 is 0 Å². The number of pyridine rings is 1. The second-order valence-corrected chi connectivity index (χ2v) is 11.9. The first-order chi connectivity index (χ1) is 23.6. The molecule has 3 aromatic heterocycles. The van der Waals surface area contributed by atoms with Crippen LogP contribution in [0.1, 0.15) is 44.1 Å². The maximum atomic E-state index is 13.5. The molecule has 4 aromatic carbocycles. The third-order valence-electron chi connectivity index (χ3n) is 9.01. The quantitative estimate of drug-likeness (QED) is 0.184. The van der Waals surface area contributed by atoms with Crippen LogP contribution in [0.15, 0.2) is 146 Å². The van der Waals surface area contributed by atoms with E-state index in [9.17, 15) is 9.59 Å². The molecule has 8 rings (SSSR count). The molecule has 0 unspecified atom stereocenters. The molecule has 0 saturated carbocycles. The van der Waals surface area contributed by atoms with Crippen molar-refractivity contribution >= 4 is 28.5 Å². The first-order valence-corrected chi connectivity index (χ1v) is 16.0. The number of hydrogen-bond acceptors (Lipinski definition) is 4. The summed E-state index contributed by atoms with van der Waals surface area (Å²) in [6.45, 7) is 1.27. The number of aromatic nitrogens is 4. The normalized spacial score (nSPS) is 13.0. The Morgan fingerprint density at radius 3 is 2.10 bits per heavy atom. The Morgan fingerprint density at radius 1 is 0.771 bits per heavy atom. The third-order valence-corrected chi connectivity index (χ3v) is 9.01. The fourth-order valence-electron chi connectivity index (χ4n) is 6.79. The van der Waals surface area contributed by atoms with Crippen molar-refractivity contribution < 1.29 is 9.59 Å². The molecule has 0 atom stereocenters. The van der Waals surface area contributed by atoms with Gasteiger partial charge in [0, 0.05) is 35.9 Å². The summed E-state index contributed by atoms with van der Waals surface area (Å²) in [6.07, 6.45) is 4.75. The largest absolute Gasteiger partial charge is 0.351 e. The number of benzene rings is 4. The van der Waals surface area contributed by atoms with Crippen molar-refractivity contribution in [3.05, 3.63) is 174 Å². The van der Waals surface area contributed by atoms with Gasteiger partial charge in [0.1, 0.15) is 22.6 Å². The van der Waals surface area contributed by atoms with Crippen LogP contribution in [0, 0.1) is 0 Å². The monoisotopic (exact) mass is 628 g/mol. The second-order valence-electron chi connectivity index (χ2n) is 11.9. The molecule has 7 aromatic rings. The van der Waals surface area contributed by atoms with Crippen LogP contribution in [0.25, 0.3) is 22.3 Å². The molecule has 0 bridgehead atoms. The fraction of sp³-hybridized carbons (Fsp3) is 0.100. The van der Waals surface area contributed by atoms with E-state index in [0.717, 1.165) is 39.8 Å². The zero-order chi connectivity index (χ0) is 32.5. The van der Waals surface area contributed by atoms with Gasteiger partial charge in [0.15, 0.2) is 0 Å². The standard InChI is InChI=1S/C40H32N6O2/c47-38(34-21-20-29-25-36-39(48)41-22-11-23-46(36)37(29)44-34)43-33-19-10-12-28(24-33)35-26-45(27-42-35)40(30-13-4-1-5-14-30,31-15-6-2-7-16-31)32-17-8-3-9-18-32/h1-10,12-21,24-27H,11,22-23H2,(H,41,48)(H,43,47). The lowest BCUT2D eigenvalue weighted by Gasteiger charge is -2.37. The van der Waals surface area contributed by atoms with E-state index in [1.54, 1.807) is 6.07 Å². The first kappa shape index (κ1) is 29.1. The lowest BCUT2D eigenvalue weighted by atomic mass is 9.77. The van der Waals surface area contributed by atoms with Gasteiger partial charge in [-0.3, -0.25) is 9.59 Å². The molecule has 4 heterocycles. The molecule has 2 N–H and O–H groups in total. The number of rotatable bonds is 7. The summed E-state index contributed by atoms with van der Waals surface area (Å²) in [5, 5.41) is 6.76. The highest BCUT2D eigenvalue weighted by molar-refractivity contribution is 6.05. The molecule has 0 fully saturated rings. The van der Waals surface area contributed by atoms with Gasteiger partial charge in [0.25, 0.3) is 11.8 Å². The van der Waals surface area contributed by atoms with Crippen LogP contribution in [0.4, 0.5) is 5.69 Å². The Morgan fingerprint density at radius 2 is 1.44 bits per heavy atom. The van der Waals surface area contributed by atoms with E-state index in [2.05, 4.69) is 99.2 Å². The van der Waals surface area contributed by atoms with Gasteiger partial charge in [0.2, 0.25) is 0 Å². The molecule has 1 aliphatic rings. The first-order valence-electron chi connectivity index (χ1n) is 16.0. The number of nitrogens with one attached hydrogen (secondary N) is 2. The van der Waals surface area contributed by atoms with E-state index in [4.69, 9.17) is 4.98 Å². The van der Waals surface area contributed by atoms with Crippen molar-refractivity contribution in [1.29, 1.82) is 0 Å². The molecular weight excluding hydrogens is 596 g/mol. The number of anilines is 1. The number of hydrogen-bond donors (Lipinski definition) is 2. The molecule has 8 heteroatoms. The van der Waals surface area contributed by atoms with Crippen molar-refractivity contribution in [2.45, 2.75) is 18.5 Å². The second kappa shape index (κ2) is 12.1. The highest BCUT2D eigenvalue weighted by Crippen LogP contribution is 2.41. The van der Waals surface area contributed by atoms with Crippen molar-refractivity contribution in [2.24, 2.45) is 0 Å². The molecule has 8 nitrogen and oxygen atoms in total. The molecule has 1 aliphatic heterocycles. The van der Waals surface area contributed by atoms with Crippen molar-refractivity contribution in [3.8, 4) is 11.3 Å². The summed E-state index contributed by atoms with van der Waals surface area (Å²) in [7, 11) is 0. The lowest BCUT2D eigenvalue weighted by Crippen LogP contribution is -2.36. The van der Waals surface area contributed by atoms with Crippen molar-refractivity contribution in [1.82, 2.24) is 24.4 Å². The van der Waals surface area contributed by atoms with E-state index in [0.29, 0.717) is 30.1 Å². The highest BCUT2D eigenvalue weighted by Gasteiger charge is 2.38. The highest BCUT2D eigenvalue weighted by atomic mass is 16.2. The van der Waals surface area contributed by atoms with Gasteiger partial charge in [-0.2, -0.15) is 0 Å². The Kier molecular flexibility index (Phi) is 7.38. The van der Waals surface area contributed by atoms with Gasteiger partial charge in [-0.15, -0.1) is 0 Å². The molecule has 0 saturated heterocycles. The molecule has 48 heavy (non-hydrogen) atoms. The van der Waals surface area contributed by atoms with Crippen molar-refractivity contribution in [2.75, 3.05) is 11.9 Å². The van der Waals surface area contributed by atoms with Crippen LogP contribution in [0.2, 0.25) is 0 Å². The van der Waals surface area contributed by atoms with Crippen LogP contribution in [-0.4, -0.2) is 37.5 Å². The molecular formula is C40H32N6O2. The van der Waals surface area contributed by atoms with E-state index in [1.807, 2.05) is 65.5 Å². The van der Waals surface area contributed by atoms with Crippen LogP contribution >= 0.6 is 0 Å². The van der Waals surface area contributed by atoms with Crippen molar-refractivity contribution in [3.63, 3.8) is 0 Å². The molecule has 0 spiro atoms. The summed E-state index contributed by atoms with van der Waals surface area (Å²) >= 11 is 0. The average molecular weight is 629 g/mol. The SMILES string of the molecule is O=C(Nc1cccc(-c2cn(C(c3ccccc3)(c3ccccc3)c3ccccc3)cn2)c1)c1ccc2cc3n(c2n1)CCCNC3=O. The Balaban J connectivity index is 1.14. The lowest BCUT2D eigenvalue weighted by molar-refractivity contribution is 0.0950. The van der Waals surface area contributed by atoms with E-state index in [1.165, 1.54) is 0 Å². The number of amides is 2. The third kappa shape index (κ3) is 5.04. The predicted octanol–water partition coefficient (Wildman–Crippen LogP) is 7.13. The average Bonchev–Trinajstić information content (AvgIpc) is 3.73. The summed E-state index contributed by atoms with van der Waals surface area (Å²) < 4.78 is 4.07. The topological polar surface area (TPSA) is 93.8 Å². The Labute approximate surface area is 277 Å². The Hall–Kier alpha value is -6.28. The zero-order valence-electron chi connectivity index (χ0n) is 26.1. The van der Waals surface area contributed by atoms with Gasteiger partial charge in [-0.25, -0.2) is 9.97 Å². The summed E-state index contributed by atoms with van der Waals surface area (Å²) in [4.78, 5) is 35.5. The van der Waals surface area contributed by atoms with Gasteiger partial charge in [0.05, 0.1) is 12.0 Å². The number of nitrogens with zero attached hydrogens (tertiary/aromatic N) is 4. The van der Waals surface area contributed by atoms with Gasteiger partial charge in [-0.05, 0) is 53.4 Å². The predicted molar refractivity (Wildman–Crippen MR) is 187 cm³/mol. The number of fused-ring (bicyclic) bond motifs is 3. The smallest absolute Gasteiger partial charge is 0.274 e. The minimum Gasteiger partial charge on any atom is -0.351 e. The number of carbonyl (C=O) groups is 2. The van der Waals surface area contributed by atoms with Crippen LogP contribution < -0.4 is 10.6 Å². The maximum Gasteiger partial charge on any atom is 0.274 e. The summed E-state index contributed by atoms with van der Waals surface area (Å²) in [6, 6.07) is 44.4. The maximum absolute atomic E-state index is 13.5. The number of carbonyl (C=O) groups excluding carboxylic acids is 2. The molecule has 234 valence electrons. The van der Waals surface area contributed by atoms with E-state index in [-0.39, 0.29) is 17.5 Å². The van der Waals surface area contributed by atoms with Crippen LogP contribution in [0.5, 0.6) is 0 Å². The van der Waals surface area contributed by atoms with E-state index >= 15 is 0 Å². The van der Waals surface area contributed by atoms with Crippen LogP contribution in [-0.2, 0) is 12.1 Å². The van der Waals surface area contributed by atoms with Crippen LogP contribution in [0.3, 0.4) is 0 Å². The summed E-state index contributed by atoms with van der Waals surface area (Å²) in [5.41, 5.74) is 6.38. The number of aryl methyl sites for hydroxylation is 1. The summed E-state index contributed by atoms with van der Waals surface area (Å²) in [5.74, 6) is -0.450. The minimum atomic E-state index is -0.678. The number of imidazole rings is 1. The molecule has 2 amide bonds. The minimum absolute atomic E-state index is 0.121. The zero-order valence-corrected chi connectivity index (χ0v) is 26.1. The Bertz CT molecular complexity index is 2160. The van der Waals surface area contributed by atoms with Gasteiger partial charge in [-0.1, -0.05) is 103 Å². The fourth-order valence-corrected chi connectivity index (χ4v) is 6.79. The van der Waals surface area contributed by atoms with E-state index < -0.39 is 5.54 Å².